The number of carbonyl (C=O) groups excluding carboxylic acids is 1. The zero-order chi connectivity index (χ0) is 24.1. The number of fused-ring (bicyclic) bond motifs is 2. The normalized spacial score (nSPS) is 18.3. The Kier molecular flexibility index (Phi) is 5.21. The Morgan fingerprint density at radius 2 is 2.06 bits per heavy atom. The van der Waals surface area contributed by atoms with E-state index in [9.17, 15) is 4.79 Å². The molecule has 6 rings (SSSR count). The highest BCUT2D eigenvalue weighted by Crippen LogP contribution is 2.34. The summed E-state index contributed by atoms with van der Waals surface area (Å²) in [5.74, 6) is 0.974. The summed E-state index contributed by atoms with van der Waals surface area (Å²) in [6.45, 7) is 3.73. The van der Waals surface area contributed by atoms with E-state index in [1.165, 1.54) is 4.52 Å². The Morgan fingerprint density at radius 1 is 1.20 bits per heavy atom. The molecule has 4 aromatic heterocycles. The minimum Gasteiger partial charge on any atom is -0.375 e. The Morgan fingerprint density at radius 3 is 2.83 bits per heavy atom. The number of nitrogens with one attached hydrogen (secondary N) is 2. The van der Waals surface area contributed by atoms with Crippen molar-refractivity contribution in [1.29, 1.82) is 0 Å². The zero-order valence-electron chi connectivity index (χ0n) is 19.5. The van der Waals surface area contributed by atoms with E-state index in [-0.39, 0.29) is 17.9 Å². The molecule has 11 heteroatoms. The van der Waals surface area contributed by atoms with E-state index in [1.54, 1.807) is 37.6 Å². The number of hydrogen-bond donors (Lipinski definition) is 2. The predicted octanol–water partition coefficient (Wildman–Crippen LogP) is 3.09. The van der Waals surface area contributed by atoms with Crippen molar-refractivity contribution >= 4 is 39.6 Å². The van der Waals surface area contributed by atoms with Gasteiger partial charge in [-0.1, -0.05) is 0 Å². The summed E-state index contributed by atoms with van der Waals surface area (Å²) in [6.07, 6.45) is 5.14. The molecule has 35 heavy (non-hydrogen) atoms. The topological polar surface area (TPSA) is 110 Å². The van der Waals surface area contributed by atoms with E-state index < -0.39 is 5.95 Å². The van der Waals surface area contributed by atoms with E-state index in [0.717, 1.165) is 23.6 Å². The third-order valence-corrected chi connectivity index (χ3v) is 6.45. The van der Waals surface area contributed by atoms with E-state index in [0.29, 0.717) is 54.1 Å². The molecule has 1 unspecified atom stereocenters. The van der Waals surface area contributed by atoms with Crippen molar-refractivity contribution in [2.75, 3.05) is 42.3 Å². The van der Waals surface area contributed by atoms with E-state index in [4.69, 9.17) is 4.74 Å². The number of pyridine rings is 3. The van der Waals surface area contributed by atoms with E-state index >= 15 is 4.39 Å². The molecule has 0 spiro atoms. The SMILES string of the molecule is CNc1ncc(-c2nc3ccc(N4CCOC(C)C4)c(F)n3n2)c2cc(NC(=O)C3CC3)ncc12. The summed E-state index contributed by atoms with van der Waals surface area (Å²) >= 11 is 0. The molecule has 2 fully saturated rings. The third-order valence-electron chi connectivity index (χ3n) is 6.45. The summed E-state index contributed by atoms with van der Waals surface area (Å²) in [6, 6.07) is 5.28. The van der Waals surface area contributed by atoms with Gasteiger partial charge in [-0.15, -0.1) is 5.10 Å². The lowest BCUT2D eigenvalue weighted by Crippen LogP contribution is -2.41. The van der Waals surface area contributed by atoms with Gasteiger partial charge in [0, 0.05) is 54.8 Å². The van der Waals surface area contributed by atoms with Crippen LogP contribution in [0.2, 0.25) is 0 Å². The second-order valence-electron chi connectivity index (χ2n) is 8.99. The molecule has 1 amide bonds. The second-order valence-corrected chi connectivity index (χ2v) is 8.99. The number of nitrogens with zero attached hydrogens (tertiary/aromatic N) is 6. The molecule has 4 aromatic rings. The minimum absolute atomic E-state index is 0.0245. The molecular weight excluding hydrogens is 451 g/mol. The largest absolute Gasteiger partial charge is 0.375 e. The fraction of sp³-hybridized carbons (Fsp3) is 0.375. The highest BCUT2D eigenvalue weighted by molar-refractivity contribution is 6.03. The molecule has 1 saturated heterocycles. The van der Waals surface area contributed by atoms with Crippen LogP contribution in [0.5, 0.6) is 0 Å². The van der Waals surface area contributed by atoms with E-state index in [2.05, 4.69) is 30.7 Å². The van der Waals surface area contributed by atoms with Gasteiger partial charge in [-0.2, -0.15) is 8.91 Å². The average molecular weight is 477 g/mol. The van der Waals surface area contributed by atoms with Gasteiger partial charge in [0.15, 0.2) is 11.5 Å². The maximum Gasteiger partial charge on any atom is 0.239 e. The summed E-state index contributed by atoms with van der Waals surface area (Å²) in [4.78, 5) is 27.7. The first-order chi connectivity index (χ1) is 17.0. The number of carbonyl (C=O) groups is 1. The molecule has 2 N–H and O–H groups in total. The number of anilines is 3. The lowest BCUT2D eigenvalue weighted by molar-refractivity contribution is -0.117. The monoisotopic (exact) mass is 476 g/mol. The Hall–Kier alpha value is -3.86. The Labute approximate surface area is 200 Å². The summed E-state index contributed by atoms with van der Waals surface area (Å²) in [7, 11) is 1.77. The van der Waals surface area contributed by atoms with Gasteiger partial charge < -0.3 is 20.3 Å². The van der Waals surface area contributed by atoms with Gasteiger partial charge in [0.2, 0.25) is 11.9 Å². The van der Waals surface area contributed by atoms with Crippen LogP contribution in [0.4, 0.5) is 21.7 Å². The maximum atomic E-state index is 15.5. The molecule has 1 atom stereocenters. The van der Waals surface area contributed by atoms with Gasteiger partial charge in [-0.3, -0.25) is 4.79 Å². The molecular formula is C24H25FN8O2. The van der Waals surface area contributed by atoms with Crippen LogP contribution >= 0.6 is 0 Å². The molecule has 1 aliphatic heterocycles. The van der Waals surface area contributed by atoms with Crippen molar-refractivity contribution in [3.05, 3.63) is 36.5 Å². The first-order valence-corrected chi connectivity index (χ1v) is 11.7. The van der Waals surface area contributed by atoms with Crippen LogP contribution in [-0.4, -0.2) is 63.3 Å². The lowest BCUT2D eigenvalue weighted by atomic mass is 10.1. The number of amides is 1. The fourth-order valence-corrected chi connectivity index (χ4v) is 4.45. The van der Waals surface area contributed by atoms with Gasteiger partial charge in [0.1, 0.15) is 11.6 Å². The number of halogens is 1. The summed E-state index contributed by atoms with van der Waals surface area (Å²) < 4.78 is 22.3. The Bertz CT molecular complexity index is 1450. The standard InChI is InChI=1S/C24H25FN8O2/c1-13-12-32(7-8-35-13)18-5-6-20-30-23(31-33(20)21(18)25)17-11-28-22(26-2)16-10-27-19(9-15(16)17)29-24(34)14-3-4-14/h5-6,9-11,13-14H,3-4,7-8,12H2,1-2H3,(H,26,28)(H,27,29,34). The molecule has 2 aliphatic rings. The highest BCUT2D eigenvalue weighted by Gasteiger charge is 2.30. The maximum absolute atomic E-state index is 15.5. The molecule has 1 aliphatic carbocycles. The van der Waals surface area contributed by atoms with Crippen molar-refractivity contribution in [3.63, 3.8) is 0 Å². The van der Waals surface area contributed by atoms with Crippen LogP contribution in [0.25, 0.3) is 27.8 Å². The van der Waals surface area contributed by atoms with Gasteiger partial charge >= 0.3 is 0 Å². The van der Waals surface area contributed by atoms with Crippen molar-refractivity contribution < 1.29 is 13.9 Å². The molecule has 10 nitrogen and oxygen atoms in total. The van der Waals surface area contributed by atoms with Crippen LogP contribution in [0, 0.1) is 11.9 Å². The zero-order valence-corrected chi connectivity index (χ0v) is 19.5. The molecule has 0 aromatic carbocycles. The molecule has 0 bridgehead atoms. The summed E-state index contributed by atoms with van der Waals surface area (Å²) in [5, 5.41) is 11.9. The quantitative estimate of drug-likeness (QED) is 0.423. The van der Waals surface area contributed by atoms with Gasteiger partial charge in [0.25, 0.3) is 0 Å². The number of aromatic nitrogens is 5. The third kappa shape index (κ3) is 3.91. The molecule has 0 radical (unpaired) electrons. The minimum atomic E-state index is -0.474. The fourth-order valence-electron chi connectivity index (χ4n) is 4.45. The molecule has 1 saturated carbocycles. The average Bonchev–Trinajstić information content (AvgIpc) is 3.62. The van der Waals surface area contributed by atoms with Gasteiger partial charge in [-0.05, 0) is 38.0 Å². The van der Waals surface area contributed by atoms with Crippen molar-refractivity contribution in [1.82, 2.24) is 24.6 Å². The number of hydrogen-bond acceptors (Lipinski definition) is 8. The van der Waals surface area contributed by atoms with Crippen LogP contribution in [0.3, 0.4) is 0 Å². The van der Waals surface area contributed by atoms with Crippen molar-refractivity contribution in [3.8, 4) is 11.4 Å². The first-order valence-electron chi connectivity index (χ1n) is 11.7. The van der Waals surface area contributed by atoms with Gasteiger partial charge in [0.05, 0.1) is 18.4 Å². The van der Waals surface area contributed by atoms with Crippen LogP contribution < -0.4 is 15.5 Å². The Balaban J connectivity index is 1.43. The van der Waals surface area contributed by atoms with E-state index in [1.807, 2.05) is 11.8 Å². The second kappa shape index (κ2) is 8.42. The molecule has 5 heterocycles. The van der Waals surface area contributed by atoms with Crippen LogP contribution in [0.15, 0.2) is 30.6 Å². The predicted molar refractivity (Wildman–Crippen MR) is 130 cm³/mol. The van der Waals surface area contributed by atoms with Gasteiger partial charge in [-0.25, -0.2) is 15.0 Å². The first kappa shape index (κ1) is 21.7. The summed E-state index contributed by atoms with van der Waals surface area (Å²) in [5.41, 5.74) is 1.48. The smallest absolute Gasteiger partial charge is 0.239 e. The van der Waals surface area contributed by atoms with Crippen LogP contribution in [-0.2, 0) is 9.53 Å². The highest BCUT2D eigenvalue weighted by atomic mass is 19.1. The molecule has 180 valence electrons. The number of rotatable bonds is 5. The van der Waals surface area contributed by atoms with Crippen molar-refractivity contribution in [2.24, 2.45) is 5.92 Å². The van der Waals surface area contributed by atoms with Crippen molar-refractivity contribution in [2.45, 2.75) is 25.9 Å². The lowest BCUT2D eigenvalue weighted by Gasteiger charge is -2.32. The van der Waals surface area contributed by atoms with Crippen LogP contribution in [0.1, 0.15) is 19.8 Å². The number of morpholine rings is 1. The number of ether oxygens (including phenoxy) is 1.